The Labute approximate surface area is 64.9 Å². The van der Waals surface area contributed by atoms with Crippen LogP contribution in [0.5, 0.6) is 0 Å². The number of nitrogens with one attached hydrogen (secondary N) is 1. The molecule has 1 aromatic heterocycles. The van der Waals surface area contributed by atoms with Crippen LogP contribution in [0.4, 0.5) is 4.39 Å². The zero-order chi connectivity index (χ0) is 7.72. The molecule has 0 aliphatic carbocycles. The van der Waals surface area contributed by atoms with Gasteiger partial charge in [0, 0.05) is 10.7 Å². The molecule has 54 valence electrons. The van der Waals surface area contributed by atoms with Gasteiger partial charge in [-0.05, 0) is 22.0 Å². The number of nitrogens with zero attached hydrogens (tertiary/aromatic N) is 1. The third kappa shape index (κ3) is 1.18. The standard InChI is InChI=1S/C5H5BrFN3/c6-3-1-4(7)5(8)10(9)2-3/h1-2,8H,9H2. The molecule has 1 aromatic rings. The quantitative estimate of drug-likeness (QED) is 0.599. The molecule has 0 atom stereocenters. The van der Waals surface area contributed by atoms with Crippen molar-refractivity contribution in [3.8, 4) is 0 Å². The van der Waals surface area contributed by atoms with Crippen molar-refractivity contribution in [2.75, 3.05) is 5.84 Å². The van der Waals surface area contributed by atoms with E-state index in [0.29, 0.717) is 4.47 Å². The Balaban J connectivity index is 3.46. The average Bonchev–Trinajstić information content (AvgIpc) is 1.82. The molecular weight excluding hydrogens is 201 g/mol. The van der Waals surface area contributed by atoms with Gasteiger partial charge in [-0.3, -0.25) is 5.41 Å². The van der Waals surface area contributed by atoms with Crippen LogP contribution in [0.25, 0.3) is 0 Å². The van der Waals surface area contributed by atoms with Crippen LogP contribution in [0.3, 0.4) is 0 Å². The highest BCUT2D eigenvalue weighted by atomic mass is 79.9. The third-order valence-corrected chi connectivity index (χ3v) is 1.45. The number of aromatic nitrogens is 1. The maximum absolute atomic E-state index is 12.5. The monoisotopic (exact) mass is 205 g/mol. The first kappa shape index (κ1) is 7.27. The first-order chi connectivity index (χ1) is 4.61. The van der Waals surface area contributed by atoms with Crippen molar-refractivity contribution in [3.05, 3.63) is 28.0 Å². The molecule has 0 spiro atoms. The summed E-state index contributed by atoms with van der Waals surface area (Å²) in [6, 6.07) is 1.19. The van der Waals surface area contributed by atoms with Crippen LogP contribution in [0.1, 0.15) is 0 Å². The highest BCUT2D eigenvalue weighted by Gasteiger charge is 1.97. The molecule has 0 fully saturated rings. The van der Waals surface area contributed by atoms with E-state index < -0.39 is 5.82 Å². The minimum atomic E-state index is -0.642. The number of rotatable bonds is 0. The van der Waals surface area contributed by atoms with Gasteiger partial charge in [-0.15, -0.1) is 0 Å². The largest absolute Gasteiger partial charge is 0.338 e. The lowest BCUT2D eigenvalue weighted by molar-refractivity contribution is 0.581. The van der Waals surface area contributed by atoms with Gasteiger partial charge in [-0.2, -0.15) is 0 Å². The molecule has 1 rings (SSSR count). The smallest absolute Gasteiger partial charge is 0.180 e. The summed E-state index contributed by atoms with van der Waals surface area (Å²) in [6.45, 7) is 0. The summed E-state index contributed by atoms with van der Waals surface area (Å²) >= 11 is 3.02. The Hall–Kier alpha value is -0.840. The van der Waals surface area contributed by atoms with Gasteiger partial charge in [0.15, 0.2) is 11.3 Å². The van der Waals surface area contributed by atoms with Crippen LogP contribution in [-0.2, 0) is 0 Å². The van der Waals surface area contributed by atoms with E-state index in [4.69, 9.17) is 11.3 Å². The lowest BCUT2D eigenvalue weighted by atomic mass is 10.5. The van der Waals surface area contributed by atoms with Crippen LogP contribution >= 0.6 is 15.9 Å². The van der Waals surface area contributed by atoms with Gasteiger partial charge in [0.25, 0.3) is 0 Å². The Morgan fingerprint density at radius 3 is 2.80 bits per heavy atom. The summed E-state index contributed by atoms with van der Waals surface area (Å²) in [6.07, 6.45) is 1.41. The van der Waals surface area contributed by atoms with Crippen LogP contribution in [0, 0.1) is 11.2 Å². The predicted molar refractivity (Wildman–Crippen MR) is 38.1 cm³/mol. The molecule has 5 heteroatoms. The van der Waals surface area contributed by atoms with E-state index in [1.807, 2.05) is 0 Å². The second kappa shape index (κ2) is 2.42. The fraction of sp³-hybridized carbons (Fsp3) is 0. The molecule has 0 unspecified atom stereocenters. The number of nitrogen functional groups attached to an aromatic ring is 1. The van der Waals surface area contributed by atoms with E-state index >= 15 is 0 Å². The molecule has 3 N–H and O–H groups in total. The molecule has 0 radical (unpaired) electrons. The average molecular weight is 206 g/mol. The van der Waals surface area contributed by atoms with Crippen molar-refractivity contribution >= 4 is 15.9 Å². The Morgan fingerprint density at radius 1 is 1.70 bits per heavy atom. The minimum Gasteiger partial charge on any atom is -0.338 e. The molecule has 0 saturated carbocycles. The van der Waals surface area contributed by atoms with Crippen molar-refractivity contribution in [2.45, 2.75) is 0 Å². The van der Waals surface area contributed by atoms with Gasteiger partial charge in [0.1, 0.15) is 0 Å². The Kier molecular flexibility index (Phi) is 1.76. The molecule has 0 bridgehead atoms. The molecule has 0 aromatic carbocycles. The maximum Gasteiger partial charge on any atom is 0.180 e. The maximum atomic E-state index is 12.5. The van der Waals surface area contributed by atoms with Gasteiger partial charge < -0.3 is 5.84 Å². The lowest BCUT2D eigenvalue weighted by Crippen LogP contribution is -2.28. The highest BCUT2D eigenvalue weighted by molar-refractivity contribution is 9.10. The van der Waals surface area contributed by atoms with Crippen molar-refractivity contribution in [3.63, 3.8) is 0 Å². The van der Waals surface area contributed by atoms with Gasteiger partial charge in [0.05, 0.1) is 0 Å². The summed E-state index contributed by atoms with van der Waals surface area (Å²) in [5.41, 5.74) is -0.330. The van der Waals surface area contributed by atoms with Crippen LogP contribution in [-0.4, -0.2) is 4.68 Å². The fourth-order valence-corrected chi connectivity index (χ4v) is 0.969. The lowest BCUT2D eigenvalue weighted by Gasteiger charge is -1.98. The zero-order valence-electron chi connectivity index (χ0n) is 4.94. The summed E-state index contributed by atoms with van der Waals surface area (Å²) in [5.74, 6) is 4.54. The number of hydrogen-bond acceptors (Lipinski definition) is 2. The van der Waals surface area contributed by atoms with Gasteiger partial charge in [-0.25, -0.2) is 9.07 Å². The normalized spacial score (nSPS) is 9.80. The summed E-state index contributed by atoms with van der Waals surface area (Å²) in [4.78, 5) is 0. The van der Waals surface area contributed by atoms with E-state index in [2.05, 4.69) is 15.9 Å². The molecule has 0 aliphatic rings. The van der Waals surface area contributed by atoms with Crippen molar-refractivity contribution in [1.82, 2.24) is 4.68 Å². The summed E-state index contributed by atoms with van der Waals surface area (Å²) in [7, 11) is 0. The van der Waals surface area contributed by atoms with E-state index in [-0.39, 0.29) is 5.49 Å². The molecule has 0 aliphatic heterocycles. The second-order valence-electron chi connectivity index (χ2n) is 1.76. The van der Waals surface area contributed by atoms with Gasteiger partial charge in [-0.1, -0.05) is 0 Å². The highest BCUT2D eigenvalue weighted by Crippen LogP contribution is 2.05. The van der Waals surface area contributed by atoms with Crippen LogP contribution in [0.2, 0.25) is 0 Å². The van der Waals surface area contributed by atoms with E-state index in [1.165, 1.54) is 12.3 Å². The summed E-state index contributed by atoms with van der Waals surface area (Å²) in [5, 5.41) is 6.98. The van der Waals surface area contributed by atoms with E-state index in [0.717, 1.165) is 4.68 Å². The topological polar surface area (TPSA) is 54.8 Å². The van der Waals surface area contributed by atoms with Gasteiger partial charge in [0.2, 0.25) is 0 Å². The first-order valence-corrected chi connectivity index (χ1v) is 3.28. The Bertz CT molecular complexity index is 280. The summed E-state index contributed by atoms with van der Waals surface area (Å²) < 4.78 is 13.9. The predicted octanol–water partition coefficient (Wildman–Crippen LogP) is 0.583. The van der Waals surface area contributed by atoms with Crippen LogP contribution < -0.4 is 11.3 Å². The molecule has 0 saturated heterocycles. The van der Waals surface area contributed by atoms with Gasteiger partial charge >= 0.3 is 0 Å². The minimum absolute atomic E-state index is 0.330. The van der Waals surface area contributed by atoms with Crippen LogP contribution in [0.15, 0.2) is 16.7 Å². The number of halogens is 2. The molecular formula is C5H5BrFN3. The van der Waals surface area contributed by atoms with E-state index in [1.54, 1.807) is 0 Å². The SMILES string of the molecule is N=c1c(F)cc(Br)cn1N. The number of nitrogens with two attached hydrogens (primary N) is 1. The molecule has 0 amide bonds. The van der Waals surface area contributed by atoms with Crippen molar-refractivity contribution in [1.29, 1.82) is 5.41 Å². The number of pyridine rings is 1. The number of hydrogen-bond donors (Lipinski definition) is 2. The van der Waals surface area contributed by atoms with E-state index in [9.17, 15) is 4.39 Å². The molecule has 3 nitrogen and oxygen atoms in total. The van der Waals surface area contributed by atoms with Crippen molar-refractivity contribution in [2.24, 2.45) is 0 Å². The second-order valence-corrected chi connectivity index (χ2v) is 2.68. The first-order valence-electron chi connectivity index (χ1n) is 2.48. The third-order valence-electron chi connectivity index (χ3n) is 1.01. The molecule has 10 heavy (non-hydrogen) atoms. The Morgan fingerprint density at radius 2 is 2.30 bits per heavy atom. The fourth-order valence-electron chi connectivity index (χ4n) is 0.547. The molecule has 1 heterocycles. The zero-order valence-corrected chi connectivity index (χ0v) is 6.52. The van der Waals surface area contributed by atoms with Crippen molar-refractivity contribution < 1.29 is 4.39 Å².